The summed E-state index contributed by atoms with van der Waals surface area (Å²) in [6.07, 6.45) is 1.38. The van der Waals surface area contributed by atoms with E-state index in [-0.39, 0.29) is 25.5 Å². The SMILES string of the molecule is CCOC(=O)C(NC(=O)c1ccccn1)=C(C(=O)OCC)C(=O)OCC. The molecule has 1 N–H and O–H groups in total. The Bertz CT molecular complexity index is 678. The molecule has 0 aliphatic rings. The van der Waals surface area contributed by atoms with Crippen LogP contribution in [0.1, 0.15) is 31.3 Å². The number of ether oxygens (including phenoxy) is 3. The van der Waals surface area contributed by atoms with Gasteiger partial charge in [-0.3, -0.25) is 9.78 Å². The van der Waals surface area contributed by atoms with Crippen LogP contribution in [0.4, 0.5) is 0 Å². The molecule has 1 heterocycles. The molecule has 0 aliphatic carbocycles. The molecule has 140 valence electrons. The monoisotopic (exact) mass is 364 g/mol. The summed E-state index contributed by atoms with van der Waals surface area (Å²) in [5, 5.41) is 2.20. The first-order valence-corrected chi connectivity index (χ1v) is 7.94. The minimum atomic E-state index is -1.12. The molecule has 0 saturated carbocycles. The highest BCUT2D eigenvalue weighted by Crippen LogP contribution is 2.11. The van der Waals surface area contributed by atoms with Gasteiger partial charge in [-0.25, -0.2) is 14.4 Å². The van der Waals surface area contributed by atoms with E-state index in [0.717, 1.165) is 0 Å². The minimum absolute atomic E-state index is 0.0265. The zero-order valence-corrected chi connectivity index (χ0v) is 14.7. The van der Waals surface area contributed by atoms with Crippen molar-refractivity contribution < 1.29 is 33.4 Å². The van der Waals surface area contributed by atoms with Gasteiger partial charge >= 0.3 is 17.9 Å². The standard InChI is InChI=1S/C17H20N2O7/c1-4-24-15(21)12(16(22)25-5-2)13(17(23)26-6-3)19-14(20)11-9-7-8-10-18-11/h7-10H,4-6H2,1-3H3,(H,19,20). The van der Waals surface area contributed by atoms with E-state index in [2.05, 4.69) is 10.3 Å². The van der Waals surface area contributed by atoms with Gasteiger partial charge in [0.05, 0.1) is 19.8 Å². The van der Waals surface area contributed by atoms with Crippen LogP contribution in [0, 0.1) is 0 Å². The molecular weight excluding hydrogens is 344 g/mol. The summed E-state index contributed by atoms with van der Waals surface area (Å²) in [7, 11) is 0. The quantitative estimate of drug-likeness (QED) is 0.236. The van der Waals surface area contributed by atoms with Gasteiger partial charge in [-0.1, -0.05) is 6.07 Å². The maximum atomic E-state index is 12.3. The molecule has 1 aromatic rings. The van der Waals surface area contributed by atoms with E-state index in [1.807, 2.05) is 0 Å². The predicted molar refractivity (Wildman–Crippen MR) is 88.6 cm³/mol. The van der Waals surface area contributed by atoms with Gasteiger partial charge in [0.2, 0.25) is 0 Å². The Hall–Kier alpha value is -3.23. The molecule has 0 unspecified atom stereocenters. The third-order valence-electron chi connectivity index (χ3n) is 2.82. The average Bonchev–Trinajstić information content (AvgIpc) is 2.62. The molecule has 1 amide bonds. The summed E-state index contributed by atoms with van der Waals surface area (Å²) in [4.78, 5) is 52.7. The summed E-state index contributed by atoms with van der Waals surface area (Å²) in [6.45, 7) is 4.44. The van der Waals surface area contributed by atoms with Crippen LogP contribution in [0.3, 0.4) is 0 Å². The van der Waals surface area contributed by atoms with E-state index in [1.165, 1.54) is 33.0 Å². The zero-order valence-electron chi connectivity index (χ0n) is 14.7. The average molecular weight is 364 g/mol. The molecule has 0 saturated heterocycles. The largest absolute Gasteiger partial charge is 0.462 e. The van der Waals surface area contributed by atoms with Gasteiger partial charge in [-0.15, -0.1) is 0 Å². The second kappa shape index (κ2) is 10.6. The Balaban J connectivity index is 3.38. The lowest BCUT2D eigenvalue weighted by Gasteiger charge is -2.13. The summed E-state index contributed by atoms with van der Waals surface area (Å²) in [6, 6.07) is 4.56. The predicted octanol–water partition coefficient (Wildman–Crippen LogP) is 0.755. The number of nitrogens with one attached hydrogen (secondary N) is 1. The fraction of sp³-hybridized carbons (Fsp3) is 0.353. The number of nitrogens with zero attached hydrogens (tertiary/aromatic N) is 1. The number of aromatic nitrogens is 1. The molecule has 0 aliphatic heterocycles. The second-order valence-electron chi connectivity index (χ2n) is 4.58. The second-order valence-corrected chi connectivity index (χ2v) is 4.58. The first kappa shape index (κ1) is 20.8. The Kier molecular flexibility index (Phi) is 8.48. The third kappa shape index (κ3) is 5.69. The number of carbonyl (C=O) groups excluding carboxylic acids is 4. The molecule has 0 atom stereocenters. The highest BCUT2D eigenvalue weighted by molar-refractivity contribution is 6.20. The van der Waals surface area contributed by atoms with Gasteiger partial charge in [0.15, 0.2) is 5.57 Å². The van der Waals surface area contributed by atoms with E-state index < -0.39 is 35.1 Å². The molecule has 1 aromatic heterocycles. The lowest BCUT2D eigenvalue weighted by molar-refractivity contribution is -0.148. The molecular formula is C17H20N2O7. The van der Waals surface area contributed by atoms with Crippen molar-refractivity contribution in [2.45, 2.75) is 20.8 Å². The van der Waals surface area contributed by atoms with Crippen LogP contribution in [0.5, 0.6) is 0 Å². The van der Waals surface area contributed by atoms with Gasteiger partial charge in [-0.05, 0) is 32.9 Å². The van der Waals surface area contributed by atoms with Gasteiger partial charge in [-0.2, -0.15) is 0 Å². The van der Waals surface area contributed by atoms with E-state index in [1.54, 1.807) is 12.1 Å². The lowest BCUT2D eigenvalue weighted by atomic mass is 10.2. The number of esters is 3. The van der Waals surface area contributed by atoms with Crippen LogP contribution in [-0.2, 0) is 28.6 Å². The van der Waals surface area contributed by atoms with Crippen LogP contribution >= 0.6 is 0 Å². The number of carbonyl (C=O) groups is 4. The van der Waals surface area contributed by atoms with Crippen LogP contribution in [-0.4, -0.2) is 48.6 Å². The highest BCUT2D eigenvalue weighted by Gasteiger charge is 2.32. The minimum Gasteiger partial charge on any atom is -0.462 e. The summed E-state index contributed by atoms with van der Waals surface area (Å²) in [5.41, 5.74) is -1.45. The molecule has 0 spiro atoms. The third-order valence-corrected chi connectivity index (χ3v) is 2.82. The first-order valence-electron chi connectivity index (χ1n) is 7.94. The van der Waals surface area contributed by atoms with Crippen molar-refractivity contribution in [1.29, 1.82) is 0 Å². The fourth-order valence-corrected chi connectivity index (χ4v) is 1.79. The Morgan fingerprint density at radius 1 is 0.885 bits per heavy atom. The zero-order chi connectivity index (χ0) is 19.5. The van der Waals surface area contributed by atoms with E-state index in [9.17, 15) is 19.2 Å². The van der Waals surface area contributed by atoms with E-state index in [4.69, 9.17) is 14.2 Å². The molecule has 0 fully saturated rings. The number of hydrogen-bond donors (Lipinski definition) is 1. The van der Waals surface area contributed by atoms with Crippen molar-refractivity contribution in [3.05, 3.63) is 41.4 Å². The van der Waals surface area contributed by atoms with Crippen LogP contribution in [0.25, 0.3) is 0 Å². The normalized spacial score (nSPS) is 9.65. The van der Waals surface area contributed by atoms with Crippen LogP contribution in [0.15, 0.2) is 35.7 Å². The van der Waals surface area contributed by atoms with E-state index >= 15 is 0 Å². The van der Waals surface area contributed by atoms with Gasteiger partial charge in [0.25, 0.3) is 5.91 Å². The fourth-order valence-electron chi connectivity index (χ4n) is 1.79. The molecule has 0 bridgehead atoms. The van der Waals surface area contributed by atoms with E-state index in [0.29, 0.717) is 0 Å². The number of rotatable bonds is 8. The van der Waals surface area contributed by atoms with Crippen molar-refractivity contribution in [2.24, 2.45) is 0 Å². The molecule has 0 radical (unpaired) electrons. The molecule has 9 heteroatoms. The lowest BCUT2D eigenvalue weighted by Crippen LogP contribution is -2.34. The van der Waals surface area contributed by atoms with Crippen molar-refractivity contribution >= 4 is 23.8 Å². The van der Waals surface area contributed by atoms with Crippen LogP contribution < -0.4 is 5.32 Å². The van der Waals surface area contributed by atoms with Gasteiger partial charge in [0, 0.05) is 6.20 Å². The molecule has 1 rings (SSSR count). The Morgan fingerprint density at radius 3 is 1.88 bits per heavy atom. The Labute approximate surface area is 150 Å². The van der Waals surface area contributed by atoms with Crippen molar-refractivity contribution in [1.82, 2.24) is 10.3 Å². The number of pyridine rings is 1. The van der Waals surface area contributed by atoms with Gasteiger partial charge in [0.1, 0.15) is 11.4 Å². The summed E-state index contributed by atoms with van der Waals surface area (Å²) >= 11 is 0. The van der Waals surface area contributed by atoms with Crippen molar-refractivity contribution in [2.75, 3.05) is 19.8 Å². The maximum absolute atomic E-state index is 12.3. The highest BCUT2D eigenvalue weighted by atomic mass is 16.6. The maximum Gasteiger partial charge on any atom is 0.356 e. The van der Waals surface area contributed by atoms with Crippen molar-refractivity contribution in [3.63, 3.8) is 0 Å². The molecule has 26 heavy (non-hydrogen) atoms. The van der Waals surface area contributed by atoms with Crippen LogP contribution in [0.2, 0.25) is 0 Å². The summed E-state index contributed by atoms with van der Waals surface area (Å²) < 4.78 is 14.4. The number of hydrogen-bond acceptors (Lipinski definition) is 8. The summed E-state index contributed by atoms with van der Waals surface area (Å²) in [5.74, 6) is -4.11. The first-order chi connectivity index (χ1) is 12.5. The van der Waals surface area contributed by atoms with Gasteiger partial charge < -0.3 is 19.5 Å². The Morgan fingerprint density at radius 2 is 1.42 bits per heavy atom. The molecule has 9 nitrogen and oxygen atoms in total. The van der Waals surface area contributed by atoms with Crippen molar-refractivity contribution in [3.8, 4) is 0 Å². The topological polar surface area (TPSA) is 121 Å². The molecule has 0 aromatic carbocycles. The number of amides is 1. The smallest absolute Gasteiger partial charge is 0.356 e.